The van der Waals surface area contributed by atoms with Gasteiger partial charge in [0.15, 0.2) is 0 Å². The highest BCUT2D eigenvalue weighted by molar-refractivity contribution is 8.04. The third kappa shape index (κ3) is 4.87. The van der Waals surface area contributed by atoms with Gasteiger partial charge in [-0.15, -0.1) is 0 Å². The molecule has 174 valence electrons. The Kier molecular flexibility index (Phi) is 7.08. The van der Waals surface area contributed by atoms with Gasteiger partial charge in [0.2, 0.25) is 0 Å². The van der Waals surface area contributed by atoms with Crippen molar-refractivity contribution in [2.75, 3.05) is 16.8 Å². The van der Waals surface area contributed by atoms with Crippen molar-refractivity contribution in [1.29, 1.82) is 0 Å². The number of para-hydroxylation sites is 2. The zero-order valence-corrected chi connectivity index (χ0v) is 20.6. The molecule has 4 rings (SSSR count). The fourth-order valence-corrected chi connectivity index (χ4v) is 4.59. The highest BCUT2D eigenvalue weighted by atomic mass is 32.2. The molecule has 2 amide bonds. The molecule has 0 bridgehead atoms. The third-order valence-electron chi connectivity index (χ3n) is 5.55. The summed E-state index contributed by atoms with van der Waals surface area (Å²) in [5, 5.41) is 3.21. The molecule has 0 saturated carbocycles. The second-order valence-corrected chi connectivity index (χ2v) is 9.45. The molecule has 0 aliphatic carbocycles. The van der Waals surface area contributed by atoms with E-state index in [0.717, 1.165) is 16.0 Å². The fourth-order valence-electron chi connectivity index (χ4n) is 3.67. The van der Waals surface area contributed by atoms with Gasteiger partial charge in [0.05, 0.1) is 18.0 Å². The molecule has 0 fully saturated rings. The Hall–Kier alpha value is -3.51. The number of hydrogen-bond acceptors (Lipinski definition) is 5. The minimum absolute atomic E-state index is 0.246. The van der Waals surface area contributed by atoms with Crippen molar-refractivity contribution < 1.29 is 14.3 Å². The number of nitrogens with one attached hydrogen (secondary N) is 1. The summed E-state index contributed by atoms with van der Waals surface area (Å²) in [7, 11) is 0. The van der Waals surface area contributed by atoms with Crippen LogP contribution in [0.2, 0.25) is 0 Å². The van der Waals surface area contributed by atoms with Crippen LogP contribution in [0, 0.1) is 6.92 Å². The molecule has 6 heteroatoms. The number of rotatable bonds is 8. The second kappa shape index (κ2) is 10.2. The van der Waals surface area contributed by atoms with Crippen LogP contribution in [0.5, 0.6) is 5.75 Å². The summed E-state index contributed by atoms with van der Waals surface area (Å²) in [5.74, 6) is 0.252. The highest BCUT2D eigenvalue weighted by Crippen LogP contribution is 2.39. The van der Waals surface area contributed by atoms with Gasteiger partial charge in [-0.05, 0) is 61.7 Å². The fraction of sp³-hybridized carbons (Fsp3) is 0.214. The van der Waals surface area contributed by atoms with Gasteiger partial charge >= 0.3 is 0 Å². The monoisotopic (exact) mass is 472 g/mol. The highest BCUT2D eigenvalue weighted by Gasteiger charge is 2.40. The van der Waals surface area contributed by atoms with E-state index in [1.807, 2.05) is 86.6 Å². The molecule has 1 aliphatic heterocycles. The van der Waals surface area contributed by atoms with Crippen LogP contribution in [-0.2, 0) is 9.59 Å². The summed E-state index contributed by atoms with van der Waals surface area (Å²) in [6.07, 6.45) is 0. The Morgan fingerprint density at radius 2 is 1.59 bits per heavy atom. The van der Waals surface area contributed by atoms with Gasteiger partial charge in [-0.2, -0.15) is 0 Å². The first-order chi connectivity index (χ1) is 16.4. The maximum absolute atomic E-state index is 13.6. The maximum atomic E-state index is 13.6. The molecule has 3 aromatic carbocycles. The van der Waals surface area contributed by atoms with E-state index >= 15 is 0 Å². The predicted octanol–water partition coefficient (Wildman–Crippen LogP) is 6.51. The first-order valence-corrected chi connectivity index (χ1v) is 12.2. The molecule has 34 heavy (non-hydrogen) atoms. The Morgan fingerprint density at radius 1 is 0.912 bits per heavy atom. The number of carbonyl (C=O) groups is 2. The molecule has 1 heterocycles. The zero-order valence-electron chi connectivity index (χ0n) is 19.8. The minimum Gasteiger partial charge on any atom is -0.492 e. The Balaban J connectivity index is 1.73. The second-order valence-electron chi connectivity index (χ2n) is 8.37. The van der Waals surface area contributed by atoms with Crippen molar-refractivity contribution in [1.82, 2.24) is 0 Å². The van der Waals surface area contributed by atoms with E-state index in [4.69, 9.17) is 4.74 Å². The summed E-state index contributed by atoms with van der Waals surface area (Å²) in [6, 6.07) is 22.9. The van der Waals surface area contributed by atoms with Crippen LogP contribution in [0.25, 0.3) is 0 Å². The van der Waals surface area contributed by atoms with E-state index in [0.29, 0.717) is 34.6 Å². The van der Waals surface area contributed by atoms with E-state index in [1.165, 1.54) is 16.7 Å². The number of benzene rings is 3. The van der Waals surface area contributed by atoms with Crippen LogP contribution in [0.15, 0.2) is 88.3 Å². The van der Waals surface area contributed by atoms with Crippen molar-refractivity contribution in [2.24, 2.45) is 0 Å². The van der Waals surface area contributed by atoms with Crippen LogP contribution in [0.3, 0.4) is 0 Å². The number of nitrogens with zero attached hydrogens (tertiary/aromatic N) is 1. The molecular weight excluding hydrogens is 444 g/mol. The largest absolute Gasteiger partial charge is 0.492 e. The summed E-state index contributed by atoms with van der Waals surface area (Å²) in [6.45, 7) is 8.62. The number of thioether (sulfide) groups is 1. The van der Waals surface area contributed by atoms with Gasteiger partial charge in [0, 0.05) is 4.90 Å². The Labute approximate surface area is 204 Å². The quantitative estimate of drug-likeness (QED) is 0.379. The molecule has 0 atom stereocenters. The average Bonchev–Trinajstić information content (AvgIpc) is 3.06. The number of hydrogen-bond donors (Lipinski definition) is 1. The molecule has 0 spiro atoms. The van der Waals surface area contributed by atoms with E-state index in [2.05, 4.69) is 19.2 Å². The standard InChI is InChI=1S/C28H28N2O3S/c1-5-33-24-9-7-6-8-23(24)29-25-26(34-22-16-10-19(4)11-17-22)28(32)30(27(25)31)21-14-12-20(13-15-21)18(2)3/h6-18,29H,5H2,1-4H3. The van der Waals surface area contributed by atoms with E-state index in [9.17, 15) is 9.59 Å². The van der Waals surface area contributed by atoms with Crippen LogP contribution < -0.4 is 15.0 Å². The van der Waals surface area contributed by atoms with Crippen LogP contribution in [0.4, 0.5) is 11.4 Å². The molecule has 3 aromatic rings. The molecule has 0 radical (unpaired) electrons. The number of anilines is 2. The van der Waals surface area contributed by atoms with Crippen molar-refractivity contribution in [3.8, 4) is 5.75 Å². The number of imide groups is 1. The molecule has 1 N–H and O–H groups in total. The molecule has 0 aromatic heterocycles. The van der Waals surface area contributed by atoms with Gasteiger partial charge in [0.1, 0.15) is 16.4 Å². The third-order valence-corrected chi connectivity index (χ3v) is 6.64. The molecule has 0 unspecified atom stereocenters. The minimum atomic E-state index is -0.386. The van der Waals surface area contributed by atoms with Crippen LogP contribution in [-0.4, -0.2) is 18.4 Å². The van der Waals surface area contributed by atoms with Crippen molar-refractivity contribution >= 4 is 35.0 Å². The first-order valence-electron chi connectivity index (χ1n) is 11.4. The predicted molar refractivity (Wildman–Crippen MR) is 138 cm³/mol. The first kappa shape index (κ1) is 23.6. The lowest BCUT2D eigenvalue weighted by Crippen LogP contribution is -2.32. The summed E-state index contributed by atoms with van der Waals surface area (Å²) >= 11 is 1.29. The van der Waals surface area contributed by atoms with Gasteiger partial charge in [-0.3, -0.25) is 9.59 Å². The zero-order chi connectivity index (χ0) is 24.2. The average molecular weight is 473 g/mol. The number of amides is 2. The van der Waals surface area contributed by atoms with Crippen LogP contribution >= 0.6 is 11.8 Å². The molecule has 1 aliphatic rings. The number of ether oxygens (including phenoxy) is 1. The smallest absolute Gasteiger partial charge is 0.283 e. The molecule has 5 nitrogen and oxygen atoms in total. The Morgan fingerprint density at radius 3 is 2.24 bits per heavy atom. The van der Waals surface area contributed by atoms with Gasteiger partial charge in [-0.1, -0.05) is 67.6 Å². The maximum Gasteiger partial charge on any atom is 0.283 e. The summed E-state index contributed by atoms with van der Waals surface area (Å²) in [5.41, 5.74) is 3.71. The van der Waals surface area contributed by atoms with Gasteiger partial charge in [-0.25, -0.2) is 4.90 Å². The molecular formula is C28H28N2O3S. The topological polar surface area (TPSA) is 58.6 Å². The van der Waals surface area contributed by atoms with Crippen molar-refractivity contribution in [2.45, 2.75) is 38.5 Å². The SMILES string of the molecule is CCOc1ccccc1NC1=C(Sc2ccc(C)cc2)C(=O)N(c2ccc(C(C)C)cc2)C1=O. The lowest BCUT2D eigenvalue weighted by molar-refractivity contribution is -0.120. The molecule has 0 saturated heterocycles. The summed E-state index contributed by atoms with van der Waals surface area (Å²) in [4.78, 5) is 29.6. The van der Waals surface area contributed by atoms with Crippen molar-refractivity contribution in [3.63, 3.8) is 0 Å². The van der Waals surface area contributed by atoms with Gasteiger partial charge < -0.3 is 10.1 Å². The number of aryl methyl sites for hydroxylation is 1. The van der Waals surface area contributed by atoms with E-state index < -0.39 is 0 Å². The van der Waals surface area contributed by atoms with E-state index in [1.54, 1.807) is 0 Å². The summed E-state index contributed by atoms with van der Waals surface area (Å²) < 4.78 is 5.72. The van der Waals surface area contributed by atoms with Crippen LogP contribution in [0.1, 0.15) is 37.8 Å². The van der Waals surface area contributed by atoms with E-state index in [-0.39, 0.29) is 17.5 Å². The normalized spacial score (nSPS) is 13.7. The number of carbonyl (C=O) groups excluding carboxylic acids is 2. The Bertz CT molecular complexity index is 1230. The lowest BCUT2D eigenvalue weighted by Gasteiger charge is -2.17. The van der Waals surface area contributed by atoms with Crippen molar-refractivity contribution in [3.05, 3.63) is 94.5 Å². The van der Waals surface area contributed by atoms with Gasteiger partial charge in [0.25, 0.3) is 11.8 Å². The lowest BCUT2D eigenvalue weighted by atomic mass is 10.0.